The highest BCUT2D eigenvalue weighted by atomic mass is 79.9. The molecule has 3 rings (SSSR count). The van der Waals surface area contributed by atoms with Gasteiger partial charge >= 0.3 is 0 Å². The quantitative estimate of drug-likeness (QED) is 0.874. The van der Waals surface area contributed by atoms with Crippen molar-refractivity contribution >= 4 is 15.9 Å². The van der Waals surface area contributed by atoms with Crippen LogP contribution in [0.25, 0.3) is 0 Å². The van der Waals surface area contributed by atoms with Gasteiger partial charge in [-0.2, -0.15) is 0 Å². The van der Waals surface area contributed by atoms with Crippen LogP contribution < -0.4 is 5.32 Å². The number of hydrogen-bond donors (Lipinski definition) is 1. The zero-order valence-electron chi connectivity index (χ0n) is 9.45. The third kappa shape index (κ3) is 2.18. The van der Waals surface area contributed by atoms with E-state index in [0.717, 1.165) is 18.0 Å². The molecule has 0 saturated carbocycles. The second-order valence-electron chi connectivity index (χ2n) is 5.27. The van der Waals surface area contributed by atoms with Crippen LogP contribution in [-0.4, -0.2) is 12.1 Å². The van der Waals surface area contributed by atoms with Crippen molar-refractivity contribution in [2.75, 3.05) is 0 Å². The van der Waals surface area contributed by atoms with Gasteiger partial charge in [-0.15, -0.1) is 0 Å². The molecule has 0 radical (unpaired) electrons. The maximum Gasteiger partial charge on any atom is 0.0207 e. The molecule has 0 spiro atoms. The second kappa shape index (κ2) is 4.50. The van der Waals surface area contributed by atoms with E-state index in [4.69, 9.17) is 0 Å². The second-order valence-corrected chi connectivity index (χ2v) is 6.13. The monoisotopic (exact) mass is 279 g/mol. The molecule has 86 valence electrons. The van der Waals surface area contributed by atoms with Crippen LogP contribution in [0.2, 0.25) is 0 Å². The number of rotatable bonds is 2. The van der Waals surface area contributed by atoms with Gasteiger partial charge in [-0.3, -0.25) is 0 Å². The fraction of sp³-hybridized carbons (Fsp3) is 0.571. The molecule has 2 aliphatic rings. The maximum absolute atomic E-state index is 3.71. The Bertz CT molecular complexity index is 365. The normalized spacial score (nSPS) is 32.9. The molecular weight excluding hydrogens is 262 g/mol. The largest absolute Gasteiger partial charge is 0.311 e. The number of fused-ring (bicyclic) bond motifs is 2. The van der Waals surface area contributed by atoms with E-state index in [1.54, 1.807) is 0 Å². The first-order chi connectivity index (χ1) is 7.81. The van der Waals surface area contributed by atoms with Crippen molar-refractivity contribution in [2.45, 2.75) is 44.2 Å². The Balaban J connectivity index is 1.69. The molecule has 2 unspecified atom stereocenters. The number of piperidine rings is 1. The summed E-state index contributed by atoms with van der Waals surface area (Å²) in [5, 5.41) is 3.71. The zero-order valence-corrected chi connectivity index (χ0v) is 11.0. The number of nitrogens with one attached hydrogen (secondary N) is 1. The first-order valence-corrected chi connectivity index (χ1v) is 7.10. The molecule has 0 aliphatic carbocycles. The van der Waals surface area contributed by atoms with Crippen LogP contribution in [0.15, 0.2) is 28.7 Å². The smallest absolute Gasteiger partial charge is 0.0207 e. The van der Waals surface area contributed by atoms with E-state index < -0.39 is 0 Å². The first-order valence-electron chi connectivity index (χ1n) is 6.30. The summed E-state index contributed by atoms with van der Waals surface area (Å²) < 4.78 is 1.28. The molecule has 2 atom stereocenters. The van der Waals surface area contributed by atoms with Crippen LogP contribution in [0.4, 0.5) is 0 Å². The lowest BCUT2D eigenvalue weighted by Crippen LogP contribution is -2.38. The minimum absolute atomic E-state index is 0.811. The van der Waals surface area contributed by atoms with Crippen molar-refractivity contribution in [3.8, 4) is 0 Å². The third-order valence-electron chi connectivity index (χ3n) is 4.04. The molecule has 2 saturated heterocycles. The standard InChI is InChI=1S/C14H18BrN/c15-14-4-2-1-3-11(14)7-10-8-12-5-6-13(9-10)16-12/h1-4,10,12-13,16H,5-9H2. The van der Waals surface area contributed by atoms with E-state index in [1.165, 1.54) is 42.1 Å². The molecule has 1 nitrogen and oxygen atoms in total. The molecule has 0 amide bonds. The van der Waals surface area contributed by atoms with Gasteiger partial charge in [-0.25, -0.2) is 0 Å². The Hall–Kier alpha value is -0.340. The SMILES string of the molecule is Brc1ccccc1CC1CC2CCC(C1)N2. The summed E-state index contributed by atoms with van der Waals surface area (Å²) in [6, 6.07) is 10.3. The van der Waals surface area contributed by atoms with Crippen LogP contribution in [-0.2, 0) is 6.42 Å². The van der Waals surface area contributed by atoms with Gasteiger partial charge in [0.2, 0.25) is 0 Å². The summed E-state index contributed by atoms with van der Waals surface area (Å²) in [5.41, 5.74) is 1.48. The Morgan fingerprint density at radius 2 is 1.81 bits per heavy atom. The summed E-state index contributed by atoms with van der Waals surface area (Å²) in [6.45, 7) is 0. The molecule has 0 aromatic heterocycles. The fourth-order valence-corrected chi connectivity index (χ4v) is 3.76. The van der Waals surface area contributed by atoms with Crippen molar-refractivity contribution in [3.63, 3.8) is 0 Å². The average molecular weight is 280 g/mol. The molecule has 2 aliphatic heterocycles. The third-order valence-corrected chi connectivity index (χ3v) is 4.81. The molecule has 1 aromatic carbocycles. The first kappa shape index (κ1) is 10.8. The van der Waals surface area contributed by atoms with E-state index >= 15 is 0 Å². The van der Waals surface area contributed by atoms with Crippen LogP contribution in [0.3, 0.4) is 0 Å². The molecule has 2 fully saturated rings. The number of benzene rings is 1. The van der Waals surface area contributed by atoms with E-state index in [2.05, 4.69) is 45.5 Å². The lowest BCUT2D eigenvalue weighted by atomic mass is 9.87. The Morgan fingerprint density at radius 3 is 2.50 bits per heavy atom. The van der Waals surface area contributed by atoms with Gasteiger partial charge in [-0.1, -0.05) is 34.1 Å². The van der Waals surface area contributed by atoms with E-state index in [-0.39, 0.29) is 0 Å². The summed E-state index contributed by atoms with van der Waals surface area (Å²) >= 11 is 3.65. The lowest BCUT2D eigenvalue weighted by Gasteiger charge is -2.29. The van der Waals surface area contributed by atoms with E-state index in [1.807, 2.05) is 0 Å². The van der Waals surface area contributed by atoms with Crippen LogP contribution >= 0.6 is 15.9 Å². The van der Waals surface area contributed by atoms with Gasteiger partial charge in [0, 0.05) is 16.6 Å². The van der Waals surface area contributed by atoms with Gasteiger partial charge < -0.3 is 5.32 Å². The minimum atomic E-state index is 0.811. The van der Waals surface area contributed by atoms with Crippen LogP contribution in [0.1, 0.15) is 31.2 Å². The van der Waals surface area contributed by atoms with Crippen molar-refractivity contribution in [2.24, 2.45) is 5.92 Å². The van der Waals surface area contributed by atoms with Crippen molar-refractivity contribution in [1.82, 2.24) is 5.32 Å². The Labute approximate surface area is 106 Å². The number of halogens is 1. The maximum atomic E-state index is 3.71. The molecule has 16 heavy (non-hydrogen) atoms. The fourth-order valence-electron chi connectivity index (χ4n) is 3.32. The Morgan fingerprint density at radius 1 is 1.12 bits per heavy atom. The highest BCUT2D eigenvalue weighted by Crippen LogP contribution is 2.33. The van der Waals surface area contributed by atoms with Crippen LogP contribution in [0, 0.1) is 5.92 Å². The van der Waals surface area contributed by atoms with E-state index in [9.17, 15) is 0 Å². The predicted octanol–water partition coefficient (Wildman–Crippen LogP) is 3.52. The van der Waals surface area contributed by atoms with Gasteiger partial charge in [0.15, 0.2) is 0 Å². The zero-order chi connectivity index (χ0) is 11.0. The van der Waals surface area contributed by atoms with Gasteiger partial charge in [0.25, 0.3) is 0 Å². The predicted molar refractivity (Wildman–Crippen MR) is 70.5 cm³/mol. The number of hydrogen-bond acceptors (Lipinski definition) is 1. The highest BCUT2D eigenvalue weighted by molar-refractivity contribution is 9.10. The molecule has 2 heterocycles. The summed E-state index contributed by atoms with van der Waals surface area (Å²) in [5.74, 6) is 0.887. The lowest BCUT2D eigenvalue weighted by molar-refractivity contribution is 0.298. The highest BCUT2D eigenvalue weighted by Gasteiger charge is 2.33. The molecule has 2 bridgehead atoms. The van der Waals surface area contributed by atoms with Crippen molar-refractivity contribution < 1.29 is 0 Å². The minimum Gasteiger partial charge on any atom is -0.311 e. The van der Waals surface area contributed by atoms with Gasteiger partial charge in [0.1, 0.15) is 0 Å². The topological polar surface area (TPSA) is 12.0 Å². The van der Waals surface area contributed by atoms with Crippen molar-refractivity contribution in [1.29, 1.82) is 0 Å². The average Bonchev–Trinajstić information content (AvgIpc) is 2.62. The molecular formula is C14H18BrN. The van der Waals surface area contributed by atoms with Crippen molar-refractivity contribution in [3.05, 3.63) is 34.3 Å². The summed E-state index contributed by atoms with van der Waals surface area (Å²) in [4.78, 5) is 0. The summed E-state index contributed by atoms with van der Waals surface area (Å²) in [7, 11) is 0. The van der Waals surface area contributed by atoms with E-state index in [0.29, 0.717) is 0 Å². The molecule has 1 N–H and O–H groups in total. The van der Waals surface area contributed by atoms with Gasteiger partial charge in [0.05, 0.1) is 0 Å². The molecule has 1 aromatic rings. The summed E-state index contributed by atoms with van der Waals surface area (Å²) in [6.07, 6.45) is 6.79. The van der Waals surface area contributed by atoms with Crippen LogP contribution in [0.5, 0.6) is 0 Å². The molecule has 2 heteroatoms. The van der Waals surface area contributed by atoms with Gasteiger partial charge in [-0.05, 0) is 49.7 Å². The Kier molecular flexibility index (Phi) is 3.03.